The Balaban J connectivity index is 1.41. The van der Waals surface area contributed by atoms with Crippen molar-refractivity contribution in [3.63, 3.8) is 0 Å². The summed E-state index contributed by atoms with van der Waals surface area (Å²) in [7, 11) is 0. The zero-order valence-electron chi connectivity index (χ0n) is 18.7. The molecule has 1 aliphatic heterocycles. The van der Waals surface area contributed by atoms with Crippen molar-refractivity contribution >= 4 is 69.2 Å². The maximum atomic E-state index is 13.0. The van der Waals surface area contributed by atoms with Crippen LogP contribution in [-0.4, -0.2) is 29.3 Å². The summed E-state index contributed by atoms with van der Waals surface area (Å²) in [4.78, 5) is 27.1. The normalized spacial score (nSPS) is 14.3. The second-order valence-corrected chi connectivity index (χ2v) is 9.42. The van der Waals surface area contributed by atoms with Crippen LogP contribution in [0.2, 0.25) is 5.02 Å². The number of hydrogen-bond acceptors (Lipinski definition) is 6. The van der Waals surface area contributed by atoms with E-state index in [1.165, 1.54) is 16.7 Å². The fourth-order valence-corrected chi connectivity index (χ4v) is 4.83. The van der Waals surface area contributed by atoms with Crippen LogP contribution in [0, 0.1) is 0 Å². The molecule has 3 aromatic rings. The van der Waals surface area contributed by atoms with Gasteiger partial charge in [0.15, 0.2) is 10.9 Å². The molecule has 4 rings (SSSR count). The smallest absolute Gasteiger partial charge is 0.270 e. The van der Waals surface area contributed by atoms with Crippen molar-refractivity contribution in [3.8, 4) is 11.5 Å². The minimum absolute atomic E-state index is 0.186. The highest BCUT2D eigenvalue weighted by Gasteiger charge is 2.33. The number of ether oxygens (including phenoxy) is 2. The Morgan fingerprint density at radius 2 is 1.83 bits per heavy atom. The molecule has 1 heterocycles. The number of thiocarbonyl (C=S) groups is 1. The largest absolute Gasteiger partial charge is 0.494 e. The number of amides is 2. The van der Waals surface area contributed by atoms with E-state index in [0.717, 1.165) is 5.75 Å². The second-order valence-electron chi connectivity index (χ2n) is 7.34. The maximum Gasteiger partial charge on any atom is 0.270 e. The second kappa shape index (κ2) is 11.4. The number of carbonyl (C=O) groups excluding carboxylic acids is 2. The number of rotatable bonds is 8. The maximum absolute atomic E-state index is 13.0. The average Bonchev–Trinajstić information content (AvgIpc) is 3.12. The van der Waals surface area contributed by atoms with Gasteiger partial charge in [0.25, 0.3) is 11.8 Å². The van der Waals surface area contributed by atoms with Gasteiger partial charge in [0, 0.05) is 5.69 Å². The van der Waals surface area contributed by atoms with Crippen molar-refractivity contribution in [2.45, 2.75) is 6.92 Å². The molecule has 0 bridgehead atoms. The average molecular weight is 525 g/mol. The topological polar surface area (TPSA) is 67.9 Å². The first-order chi connectivity index (χ1) is 16.9. The van der Waals surface area contributed by atoms with E-state index in [1.807, 2.05) is 25.1 Å². The van der Waals surface area contributed by atoms with E-state index in [4.69, 9.17) is 33.3 Å². The number of nitrogens with zero attached hydrogens (tertiary/aromatic N) is 1. The molecule has 1 saturated heterocycles. The lowest BCUT2D eigenvalue weighted by atomic mass is 10.2. The fourth-order valence-electron chi connectivity index (χ4n) is 3.29. The zero-order valence-corrected chi connectivity index (χ0v) is 21.1. The van der Waals surface area contributed by atoms with E-state index in [0.29, 0.717) is 43.5 Å². The lowest BCUT2D eigenvalue weighted by molar-refractivity contribution is -0.118. The lowest BCUT2D eigenvalue weighted by Gasteiger charge is -2.15. The molecule has 0 unspecified atom stereocenters. The first-order valence-electron chi connectivity index (χ1n) is 10.7. The molecular weight excluding hydrogens is 504 g/mol. The quantitative estimate of drug-likeness (QED) is 0.281. The third-order valence-electron chi connectivity index (χ3n) is 4.87. The van der Waals surface area contributed by atoms with Crippen molar-refractivity contribution in [2.24, 2.45) is 0 Å². The molecule has 1 fully saturated rings. The molecule has 1 N–H and O–H groups in total. The number of thioether (sulfide) groups is 1. The van der Waals surface area contributed by atoms with E-state index in [9.17, 15) is 9.59 Å². The van der Waals surface area contributed by atoms with Gasteiger partial charge in [0.05, 0.1) is 22.2 Å². The molecule has 0 radical (unpaired) electrons. The van der Waals surface area contributed by atoms with E-state index >= 15 is 0 Å². The summed E-state index contributed by atoms with van der Waals surface area (Å²) in [5.74, 6) is 0.591. The first-order valence-corrected chi connectivity index (χ1v) is 12.3. The molecule has 0 atom stereocenters. The number of carbonyl (C=O) groups is 2. The van der Waals surface area contributed by atoms with E-state index in [-0.39, 0.29) is 18.4 Å². The Bertz CT molecular complexity index is 1280. The molecular formula is C26H21ClN2O4S2. The van der Waals surface area contributed by atoms with Crippen molar-refractivity contribution < 1.29 is 19.1 Å². The zero-order chi connectivity index (χ0) is 24.8. The van der Waals surface area contributed by atoms with Gasteiger partial charge < -0.3 is 14.8 Å². The van der Waals surface area contributed by atoms with Crippen LogP contribution in [0.5, 0.6) is 11.5 Å². The summed E-state index contributed by atoms with van der Waals surface area (Å²) in [6, 6.07) is 21.4. The van der Waals surface area contributed by atoms with Crippen molar-refractivity contribution in [1.29, 1.82) is 0 Å². The van der Waals surface area contributed by atoms with Crippen LogP contribution in [0.3, 0.4) is 0 Å². The summed E-state index contributed by atoms with van der Waals surface area (Å²) in [6.45, 7) is 2.29. The Morgan fingerprint density at radius 3 is 2.51 bits per heavy atom. The van der Waals surface area contributed by atoms with E-state index in [2.05, 4.69) is 5.32 Å². The molecule has 1 aliphatic rings. The van der Waals surface area contributed by atoms with Crippen molar-refractivity contribution in [1.82, 2.24) is 0 Å². The third kappa shape index (κ3) is 6.22. The van der Waals surface area contributed by atoms with Crippen LogP contribution in [0.1, 0.15) is 12.5 Å². The summed E-state index contributed by atoms with van der Waals surface area (Å²) in [5.41, 5.74) is 2.07. The van der Waals surface area contributed by atoms with E-state index < -0.39 is 0 Å². The standard InChI is InChI=1S/C26H21ClN2O4S2/c1-2-32-20-11-9-19(10-12-20)29-25(31)23(35-26(29)34)15-17-8-13-22(21(27)14-17)33-16-24(30)28-18-6-4-3-5-7-18/h3-15H,2,16H2,1H3,(H,28,30)/b23-15-. The van der Waals surface area contributed by atoms with Crippen LogP contribution < -0.4 is 19.7 Å². The van der Waals surface area contributed by atoms with E-state index in [1.54, 1.807) is 60.7 Å². The minimum Gasteiger partial charge on any atom is -0.494 e. The number of para-hydroxylation sites is 1. The van der Waals surface area contributed by atoms with Crippen LogP contribution >= 0.6 is 35.6 Å². The molecule has 178 valence electrons. The van der Waals surface area contributed by atoms with Crippen LogP contribution in [0.15, 0.2) is 77.7 Å². The third-order valence-corrected chi connectivity index (χ3v) is 6.47. The molecule has 0 spiro atoms. The van der Waals surface area contributed by atoms with Gasteiger partial charge in [-0.25, -0.2) is 0 Å². The molecule has 35 heavy (non-hydrogen) atoms. The lowest BCUT2D eigenvalue weighted by Crippen LogP contribution is -2.27. The Morgan fingerprint density at radius 1 is 1.09 bits per heavy atom. The predicted octanol–water partition coefficient (Wildman–Crippen LogP) is 6.16. The SMILES string of the molecule is CCOc1ccc(N2C(=O)/C(=C/c3ccc(OCC(=O)Nc4ccccc4)c(Cl)c3)SC2=S)cc1. The van der Waals surface area contributed by atoms with Gasteiger partial charge >= 0.3 is 0 Å². The first kappa shape index (κ1) is 24.8. The molecule has 6 nitrogen and oxygen atoms in total. The summed E-state index contributed by atoms with van der Waals surface area (Å²) in [6.07, 6.45) is 1.73. The fraction of sp³-hybridized carbons (Fsp3) is 0.115. The van der Waals surface area contributed by atoms with Gasteiger partial charge in [-0.05, 0) is 67.1 Å². The van der Waals surface area contributed by atoms with Gasteiger partial charge in [-0.1, -0.05) is 59.8 Å². The molecule has 0 aliphatic carbocycles. The van der Waals surface area contributed by atoms with Gasteiger partial charge in [0.2, 0.25) is 0 Å². The highest BCUT2D eigenvalue weighted by Crippen LogP contribution is 2.37. The monoisotopic (exact) mass is 524 g/mol. The number of halogens is 1. The number of nitrogens with one attached hydrogen (secondary N) is 1. The van der Waals surface area contributed by atoms with Crippen LogP contribution in [0.4, 0.5) is 11.4 Å². The molecule has 2 amide bonds. The Labute approximate surface area is 217 Å². The van der Waals surface area contributed by atoms with Crippen molar-refractivity contribution in [3.05, 3.63) is 88.3 Å². The van der Waals surface area contributed by atoms with Crippen molar-refractivity contribution in [2.75, 3.05) is 23.4 Å². The van der Waals surface area contributed by atoms with Crippen LogP contribution in [-0.2, 0) is 9.59 Å². The summed E-state index contributed by atoms with van der Waals surface area (Å²) in [5, 5.41) is 3.07. The summed E-state index contributed by atoms with van der Waals surface area (Å²) >= 11 is 13.0. The van der Waals surface area contributed by atoms with Gasteiger partial charge in [-0.15, -0.1) is 0 Å². The number of benzene rings is 3. The minimum atomic E-state index is -0.297. The van der Waals surface area contributed by atoms with Gasteiger partial charge in [-0.3, -0.25) is 14.5 Å². The Hall–Kier alpha value is -3.33. The summed E-state index contributed by atoms with van der Waals surface area (Å²) < 4.78 is 11.5. The van der Waals surface area contributed by atoms with Gasteiger partial charge in [0.1, 0.15) is 11.5 Å². The molecule has 3 aromatic carbocycles. The Kier molecular flexibility index (Phi) is 8.07. The molecule has 0 saturated carbocycles. The number of anilines is 2. The highest BCUT2D eigenvalue weighted by atomic mass is 35.5. The van der Waals surface area contributed by atoms with Gasteiger partial charge in [-0.2, -0.15) is 0 Å². The van der Waals surface area contributed by atoms with Crippen LogP contribution in [0.25, 0.3) is 6.08 Å². The molecule has 0 aromatic heterocycles. The highest BCUT2D eigenvalue weighted by molar-refractivity contribution is 8.27. The number of hydrogen-bond donors (Lipinski definition) is 1. The molecule has 9 heteroatoms. The predicted molar refractivity (Wildman–Crippen MR) is 145 cm³/mol.